The van der Waals surface area contributed by atoms with Gasteiger partial charge in [0.05, 0.1) is 5.56 Å². The first kappa shape index (κ1) is 13.5. The second kappa shape index (κ2) is 6.88. The van der Waals surface area contributed by atoms with Crippen LogP contribution in [0.2, 0.25) is 0 Å². The molecule has 0 spiro atoms. The SMILES string of the molecule is [N-]=[N+]=NCCCNC(=O)c1ccc(F)cc1Br. The molecule has 0 aliphatic carbocycles. The van der Waals surface area contributed by atoms with Gasteiger partial charge in [-0.15, -0.1) is 0 Å². The molecule has 0 fully saturated rings. The Balaban J connectivity index is 2.49. The summed E-state index contributed by atoms with van der Waals surface area (Å²) in [6, 6.07) is 3.86. The molecule has 5 nitrogen and oxygen atoms in total. The van der Waals surface area contributed by atoms with Gasteiger partial charge in [-0.05, 0) is 46.1 Å². The van der Waals surface area contributed by atoms with Crippen molar-refractivity contribution in [1.82, 2.24) is 5.32 Å². The number of hydrogen-bond acceptors (Lipinski definition) is 2. The number of benzene rings is 1. The Kier molecular flexibility index (Phi) is 5.45. The van der Waals surface area contributed by atoms with Gasteiger partial charge in [-0.2, -0.15) is 0 Å². The van der Waals surface area contributed by atoms with E-state index in [0.717, 1.165) is 0 Å². The van der Waals surface area contributed by atoms with Crippen LogP contribution in [0.25, 0.3) is 10.4 Å². The highest BCUT2D eigenvalue weighted by Gasteiger charge is 2.09. The smallest absolute Gasteiger partial charge is 0.252 e. The second-order valence-corrected chi connectivity index (χ2v) is 4.04. The number of hydrogen-bond donors (Lipinski definition) is 1. The maximum atomic E-state index is 12.8. The quantitative estimate of drug-likeness (QED) is 0.386. The van der Waals surface area contributed by atoms with Gasteiger partial charge in [0.15, 0.2) is 0 Å². The van der Waals surface area contributed by atoms with E-state index in [1.165, 1.54) is 18.2 Å². The fourth-order valence-electron chi connectivity index (χ4n) is 1.17. The molecule has 1 aromatic rings. The summed E-state index contributed by atoms with van der Waals surface area (Å²) in [5, 5.41) is 5.98. The number of rotatable bonds is 5. The molecule has 0 unspecified atom stereocenters. The minimum atomic E-state index is -0.406. The van der Waals surface area contributed by atoms with Crippen molar-refractivity contribution in [1.29, 1.82) is 0 Å². The van der Waals surface area contributed by atoms with Gasteiger partial charge < -0.3 is 5.32 Å². The van der Waals surface area contributed by atoms with Gasteiger partial charge >= 0.3 is 0 Å². The maximum Gasteiger partial charge on any atom is 0.252 e. The zero-order valence-corrected chi connectivity index (χ0v) is 10.4. The summed E-state index contributed by atoms with van der Waals surface area (Å²) in [4.78, 5) is 14.2. The van der Waals surface area contributed by atoms with E-state index in [1.807, 2.05) is 0 Å². The average molecular weight is 301 g/mol. The first-order chi connectivity index (χ1) is 8.15. The third-order valence-electron chi connectivity index (χ3n) is 1.96. The Labute approximate surface area is 106 Å². The minimum absolute atomic E-state index is 0.294. The molecule has 0 aromatic heterocycles. The van der Waals surface area contributed by atoms with Crippen molar-refractivity contribution >= 4 is 21.8 Å². The molecule has 0 bridgehead atoms. The van der Waals surface area contributed by atoms with Crippen LogP contribution in [0, 0.1) is 5.82 Å². The van der Waals surface area contributed by atoms with E-state index < -0.39 is 5.82 Å². The standard InChI is InChI=1S/C10H10BrFN4O/c11-9-6-7(12)2-3-8(9)10(17)14-4-1-5-15-16-13/h2-3,6H,1,4-5H2,(H,14,17). The second-order valence-electron chi connectivity index (χ2n) is 3.19. The Morgan fingerprint density at radius 1 is 1.59 bits per heavy atom. The molecule has 7 heteroatoms. The molecule has 1 amide bonds. The van der Waals surface area contributed by atoms with Gasteiger partial charge in [0.2, 0.25) is 0 Å². The Morgan fingerprint density at radius 2 is 2.35 bits per heavy atom. The number of carbonyl (C=O) groups excluding carboxylic acids is 1. The van der Waals surface area contributed by atoms with E-state index in [9.17, 15) is 9.18 Å². The molecule has 0 saturated carbocycles. The molecule has 0 atom stereocenters. The van der Waals surface area contributed by atoms with Crippen LogP contribution in [0.15, 0.2) is 27.8 Å². The average Bonchev–Trinajstić information content (AvgIpc) is 2.28. The van der Waals surface area contributed by atoms with Crippen LogP contribution in [-0.4, -0.2) is 19.0 Å². The molecule has 0 radical (unpaired) electrons. The molecule has 0 heterocycles. The highest BCUT2D eigenvalue weighted by atomic mass is 79.9. The molecule has 1 N–H and O–H groups in total. The summed E-state index contributed by atoms with van der Waals surface area (Å²) in [6.45, 7) is 0.739. The molecule has 0 saturated heterocycles. The Hall–Kier alpha value is -1.59. The third kappa shape index (κ3) is 4.42. The summed E-state index contributed by atoms with van der Waals surface area (Å²) in [7, 11) is 0. The molecule has 17 heavy (non-hydrogen) atoms. The third-order valence-corrected chi connectivity index (χ3v) is 2.62. The van der Waals surface area contributed by atoms with Gasteiger partial charge in [-0.1, -0.05) is 5.11 Å². The van der Waals surface area contributed by atoms with Crippen molar-refractivity contribution in [3.63, 3.8) is 0 Å². The molecular formula is C10H10BrFN4O. The topological polar surface area (TPSA) is 77.9 Å². The van der Waals surface area contributed by atoms with E-state index >= 15 is 0 Å². The molecule has 1 aromatic carbocycles. The maximum absolute atomic E-state index is 12.8. The van der Waals surface area contributed by atoms with Crippen LogP contribution < -0.4 is 5.32 Å². The van der Waals surface area contributed by atoms with Crippen molar-refractivity contribution in [3.05, 3.63) is 44.5 Å². The lowest BCUT2D eigenvalue weighted by Crippen LogP contribution is -2.25. The summed E-state index contributed by atoms with van der Waals surface area (Å²) in [5.41, 5.74) is 8.41. The predicted octanol–water partition coefficient (Wildman–Crippen LogP) is 3.02. The monoisotopic (exact) mass is 300 g/mol. The fraction of sp³-hybridized carbons (Fsp3) is 0.300. The molecule has 0 aliphatic heterocycles. The normalized spacial score (nSPS) is 9.53. The first-order valence-electron chi connectivity index (χ1n) is 4.89. The zero-order valence-electron chi connectivity index (χ0n) is 8.86. The van der Waals surface area contributed by atoms with Crippen molar-refractivity contribution in [3.8, 4) is 0 Å². The summed E-state index contributed by atoms with van der Waals surface area (Å²) in [6.07, 6.45) is 0.564. The van der Waals surface area contributed by atoms with Crippen molar-refractivity contribution < 1.29 is 9.18 Å². The first-order valence-corrected chi connectivity index (χ1v) is 5.68. The largest absolute Gasteiger partial charge is 0.352 e. The number of nitrogens with zero attached hydrogens (tertiary/aromatic N) is 3. The number of nitrogens with one attached hydrogen (secondary N) is 1. The highest BCUT2D eigenvalue weighted by Crippen LogP contribution is 2.17. The lowest BCUT2D eigenvalue weighted by molar-refractivity contribution is 0.0952. The van der Waals surface area contributed by atoms with E-state index in [4.69, 9.17) is 5.53 Å². The lowest BCUT2D eigenvalue weighted by Gasteiger charge is -2.05. The van der Waals surface area contributed by atoms with Crippen LogP contribution in [0.3, 0.4) is 0 Å². The Bertz CT molecular complexity index is 460. The van der Waals surface area contributed by atoms with Crippen LogP contribution >= 0.6 is 15.9 Å². The number of carbonyl (C=O) groups is 1. The Morgan fingerprint density at radius 3 is 3.00 bits per heavy atom. The highest BCUT2D eigenvalue weighted by molar-refractivity contribution is 9.10. The molecule has 1 rings (SSSR count). The summed E-state index contributed by atoms with van der Waals surface area (Å²) >= 11 is 3.11. The number of halogens is 2. The van der Waals surface area contributed by atoms with Gasteiger partial charge in [0, 0.05) is 22.5 Å². The minimum Gasteiger partial charge on any atom is -0.352 e. The lowest BCUT2D eigenvalue weighted by atomic mass is 10.2. The number of azide groups is 1. The van der Waals surface area contributed by atoms with E-state index in [2.05, 4.69) is 31.3 Å². The fourth-order valence-corrected chi connectivity index (χ4v) is 1.70. The van der Waals surface area contributed by atoms with Gasteiger partial charge in [-0.25, -0.2) is 4.39 Å². The summed E-state index contributed by atoms with van der Waals surface area (Å²) < 4.78 is 13.2. The van der Waals surface area contributed by atoms with Crippen molar-refractivity contribution in [2.45, 2.75) is 6.42 Å². The van der Waals surface area contributed by atoms with E-state index in [1.54, 1.807) is 0 Å². The molecule has 0 aliphatic rings. The zero-order chi connectivity index (χ0) is 12.7. The number of amides is 1. The van der Waals surface area contributed by atoms with Gasteiger partial charge in [0.1, 0.15) is 5.82 Å². The van der Waals surface area contributed by atoms with Crippen LogP contribution in [0.4, 0.5) is 4.39 Å². The molecular weight excluding hydrogens is 291 g/mol. The van der Waals surface area contributed by atoms with Gasteiger partial charge in [-0.3, -0.25) is 4.79 Å². The molecule has 90 valence electrons. The van der Waals surface area contributed by atoms with Crippen molar-refractivity contribution in [2.24, 2.45) is 5.11 Å². The van der Waals surface area contributed by atoms with Gasteiger partial charge in [0.25, 0.3) is 5.91 Å². The van der Waals surface area contributed by atoms with Crippen LogP contribution in [0.5, 0.6) is 0 Å². The summed E-state index contributed by atoms with van der Waals surface area (Å²) in [5.74, 6) is -0.699. The predicted molar refractivity (Wildman–Crippen MR) is 65.1 cm³/mol. The van der Waals surface area contributed by atoms with E-state index in [0.29, 0.717) is 29.5 Å². The van der Waals surface area contributed by atoms with Crippen LogP contribution in [-0.2, 0) is 0 Å². The van der Waals surface area contributed by atoms with Crippen molar-refractivity contribution in [2.75, 3.05) is 13.1 Å². The van der Waals surface area contributed by atoms with Crippen LogP contribution in [0.1, 0.15) is 16.8 Å². The van der Waals surface area contributed by atoms with E-state index in [-0.39, 0.29) is 5.91 Å².